The van der Waals surface area contributed by atoms with Gasteiger partial charge in [0.1, 0.15) is 5.69 Å². The highest BCUT2D eigenvalue weighted by Gasteiger charge is 2.08. The van der Waals surface area contributed by atoms with Crippen molar-refractivity contribution in [2.24, 2.45) is 0 Å². The van der Waals surface area contributed by atoms with E-state index in [1.165, 1.54) is 6.33 Å². The molecule has 1 aromatic rings. The number of hydrogen-bond donors (Lipinski definition) is 3. The summed E-state index contributed by atoms with van der Waals surface area (Å²) in [4.78, 5) is 19.6. The van der Waals surface area contributed by atoms with Crippen LogP contribution in [0.25, 0.3) is 0 Å². The van der Waals surface area contributed by atoms with Crippen LogP contribution in [0, 0.1) is 0 Å². The highest BCUT2D eigenvalue weighted by atomic mass is 16.1. The number of aromatic amines is 1. The molecule has 90 valence electrons. The standard InChI is InChI=1S/C10H19N5O/c1-3-4-12-5-6-15(2)9-8(11)10(16)14-7-13-9/h7,12H,3-6,11H2,1-2H3,(H,13,14,16). The van der Waals surface area contributed by atoms with Crippen LogP contribution in [-0.4, -0.2) is 36.6 Å². The minimum atomic E-state index is -0.293. The molecular weight excluding hydrogens is 206 g/mol. The maximum atomic E-state index is 11.3. The van der Waals surface area contributed by atoms with Crippen LogP contribution in [-0.2, 0) is 0 Å². The van der Waals surface area contributed by atoms with Crippen LogP contribution in [0.5, 0.6) is 0 Å². The SMILES string of the molecule is CCCNCCN(C)c1nc[nH]c(=O)c1N. The number of likely N-dealkylation sites (N-methyl/N-ethyl adjacent to an activating group) is 1. The average Bonchev–Trinajstić information content (AvgIpc) is 2.28. The molecule has 1 heterocycles. The number of rotatable bonds is 6. The fourth-order valence-electron chi connectivity index (χ4n) is 1.36. The summed E-state index contributed by atoms with van der Waals surface area (Å²) in [5, 5.41) is 3.27. The first kappa shape index (κ1) is 12.5. The summed E-state index contributed by atoms with van der Waals surface area (Å²) in [7, 11) is 1.87. The smallest absolute Gasteiger partial charge is 0.276 e. The predicted octanol–water partition coefficient (Wildman–Crippen LogP) is -0.212. The summed E-state index contributed by atoms with van der Waals surface area (Å²) in [6.45, 7) is 4.72. The van der Waals surface area contributed by atoms with Crippen LogP contribution < -0.4 is 21.5 Å². The lowest BCUT2D eigenvalue weighted by atomic mass is 10.4. The Balaban J connectivity index is 2.56. The first-order valence-electron chi connectivity index (χ1n) is 5.41. The fourth-order valence-corrected chi connectivity index (χ4v) is 1.36. The first-order valence-corrected chi connectivity index (χ1v) is 5.41. The molecule has 0 bridgehead atoms. The van der Waals surface area contributed by atoms with Crippen molar-refractivity contribution in [2.45, 2.75) is 13.3 Å². The van der Waals surface area contributed by atoms with Crippen LogP contribution in [0.15, 0.2) is 11.1 Å². The number of hydrogen-bond acceptors (Lipinski definition) is 5. The van der Waals surface area contributed by atoms with Gasteiger partial charge in [-0.1, -0.05) is 6.92 Å². The Morgan fingerprint density at radius 3 is 3.00 bits per heavy atom. The normalized spacial score (nSPS) is 10.4. The summed E-state index contributed by atoms with van der Waals surface area (Å²) in [5.74, 6) is 0.530. The maximum absolute atomic E-state index is 11.3. The third-order valence-corrected chi connectivity index (χ3v) is 2.28. The molecule has 16 heavy (non-hydrogen) atoms. The molecule has 0 aromatic carbocycles. The Hall–Kier alpha value is -1.56. The number of nitrogens with two attached hydrogens (primary N) is 1. The number of nitrogen functional groups attached to an aromatic ring is 1. The van der Waals surface area contributed by atoms with Crippen molar-refractivity contribution in [2.75, 3.05) is 37.3 Å². The second-order valence-electron chi connectivity index (χ2n) is 3.64. The largest absolute Gasteiger partial charge is 0.391 e. The quantitative estimate of drug-likeness (QED) is 0.583. The van der Waals surface area contributed by atoms with E-state index in [1.807, 2.05) is 11.9 Å². The average molecular weight is 225 g/mol. The van der Waals surface area contributed by atoms with Crippen LogP contribution in [0.2, 0.25) is 0 Å². The van der Waals surface area contributed by atoms with Crippen molar-refractivity contribution in [3.63, 3.8) is 0 Å². The third kappa shape index (κ3) is 3.23. The van der Waals surface area contributed by atoms with E-state index in [0.717, 1.165) is 26.1 Å². The van der Waals surface area contributed by atoms with E-state index in [-0.39, 0.29) is 11.2 Å². The Morgan fingerprint density at radius 1 is 1.56 bits per heavy atom. The summed E-state index contributed by atoms with van der Waals surface area (Å²) >= 11 is 0. The molecule has 0 fully saturated rings. The highest BCUT2D eigenvalue weighted by molar-refractivity contribution is 5.60. The van der Waals surface area contributed by atoms with E-state index in [9.17, 15) is 4.79 Å². The summed E-state index contributed by atoms with van der Waals surface area (Å²) in [6, 6.07) is 0. The molecule has 1 aromatic heterocycles. The molecule has 4 N–H and O–H groups in total. The molecular formula is C10H19N5O. The Morgan fingerprint density at radius 2 is 2.31 bits per heavy atom. The molecule has 0 spiro atoms. The molecule has 0 saturated carbocycles. The molecule has 0 amide bonds. The van der Waals surface area contributed by atoms with E-state index in [2.05, 4.69) is 22.2 Å². The Labute approximate surface area is 94.9 Å². The lowest BCUT2D eigenvalue weighted by Crippen LogP contribution is -2.31. The van der Waals surface area contributed by atoms with Gasteiger partial charge in [0.25, 0.3) is 5.56 Å². The molecule has 0 aliphatic carbocycles. The minimum absolute atomic E-state index is 0.167. The van der Waals surface area contributed by atoms with Crippen LogP contribution in [0.3, 0.4) is 0 Å². The van der Waals surface area contributed by atoms with Gasteiger partial charge >= 0.3 is 0 Å². The lowest BCUT2D eigenvalue weighted by Gasteiger charge is -2.19. The zero-order chi connectivity index (χ0) is 12.0. The molecule has 0 aliphatic rings. The second kappa shape index (κ2) is 6.12. The van der Waals surface area contributed by atoms with Crippen molar-refractivity contribution in [1.82, 2.24) is 15.3 Å². The molecule has 1 rings (SSSR count). The zero-order valence-corrected chi connectivity index (χ0v) is 9.79. The van der Waals surface area contributed by atoms with E-state index in [4.69, 9.17) is 5.73 Å². The predicted molar refractivity (Wildman–Crippen MR) is 65.7 cm³/mol. The summed E-state index contributed by atoms with van der Waals surface area (Å²) in [5.41, 5.74) is 5.52. The zero-order valence-electron chi connectivity index (χ0n) is 9.79. The summed E-state index contributed by atoms with van der Waals surface area (Å²) < 4.78 is 0. The summed E-state index contributed by atoms with van der Waals surface area (Å²) in [6.07, 6.45) is 2.47. The van der Waals surface area contributed by atoms with E-state index >= 15 is 0 Å². The number of nitrogens with zero attached hydrogens (tertiary/aromatic N) is 2. The molecule has 6 nitrogen and oxygen atoms in total. The fraction of sp³-hybridized carbons (Fsp3) is 0.600. The molecule has 0 unspecified atom stereocenters. The number of nitrogens with one attached hydrogen (secondary N) is 2. The Bertz CT molecular complexity index is 376. The van der Waals surface area contributed by atoms with Gasteiger partial charge in [0.05, 0.1) is 6.33 Å². The highest BCUT2D eigenvalue weighted by Crippen LogP contribution is 2.11. The van der Waals surface area contributed by atoms with Crippen molar-refractivity contribution in [1.29, 1.82) is 0 Å². The van der Waals surface area contributed by atoms with Gasteiger partial charge in [-0.15, -0.1) is 0 Å². The van der Waals surface area contributed by atoms with Gasteiger partial charge in [0, 0.05) is 20.1 Å². The van der Waals surface area contributed by atoms with Gasteiger partial charge in [-0.2, -0.15) is 0 Å². The molecule has 0 radical (unpaired) electrons. The van der Waals surface area contributed by atoms with E-state index < -0.39 is 0 Å². The van der Waals surface area contributed by atoms with Crippen LogP contribution in [0.1, 0.15) is 13.3 Å². The van der Waals surface area contributed by atoms with Gasteiger partial charge < -0.3 is 20.9 Å². The van der Waals surface area contributed by atoms with E-state index in [0.29, 0.717) is 5.82 Å². The molecule has 0 saturated heterocycles. The van der Waals surface area contributed by atoms with Gasteiger partial charge in [-0.05, 0) is 13.0 Å². The second-order valence-corrected chi connectivity index (χ2v) is 3.64. The third-order valence-electron chi connectivity index (χ3n) is 2.28. The first-order chi connectivity index (χ1) is 7.66. The monoisotopic (exact) mass is 225 g/mol. The molecule has 0 atom stereocenters. The van der Waals surface area contributed by atoms with Crippen molar-refractivity contribution in [3.05, 3.63) is 16.7 Å². The lowest BCUT2D eigenvalue weighted by molar-refractivity contribution is 0.664. The van der Waals surface area contributed by atoms with Crippen molar-refractivity contribution < 1.29 is 0 Å². The van der Waals surface area contributed by atoms with Gasteiger partial charge in [0.2, 0.25) is 0 Å². The van der Waals surface area contributed by atoms with Gasteiger partial charge in [0.15, 0.2) is 5.82 Å². The van der Waals surface area contributed by atoms with Crippen LogP contribution >= 0.6 is 0 Å². The van der Waals surface area contributed by atoms with Crippen LogP contribution in [0.4, 0.5) is 11.5 Å². The topological polar surface area (TPSA) is 87.0 Å². The van der Waals surface area contributed by atoms with Gasteiger partial charge in [-0.25, -0.2) is 4.98 Å². The number of aromatic nitrogens is 2. The molecule has 0 aliphatic heterocycles. The van der Waals surface area contributed by atoms with Crippen molar-refractivity contribution >= 4 is 11.5 Å². The van der Waals surface area contributed by atoms with Crippen molar-refractivity contribution in [3.8, 4) is 0 Å². The minimum Gasteiger partial charge on any atom is -0.391 e. The van der Waals surface area contributed by atoms with E-state index in [1.54, 1.807) is 0 Å². The van der Waals surface area contributed by atoms with Gasteiger partial charge in [-0.3, -0.25) is 4.79 Å². The maximum Gasteiger partial charge on any atom is 0.276 e. The number of H-pyrrole nitrogens is 1. The number of anilines is 2. The molecule has 6 heteroatoms. The Kier molecular flexibility index (Phi) is 4.78.